The molecule has 4 heteroatoms. The van der Waals surface area contributed by atoms with Crippen LogP contribution in [-0.2, 0) is 0 Å². The smallest absolute Gasteiger partial charge is 0.347 e. The molecule has 4 nitrogen and oxygen atoms in total. The van der Waals surface area contributed by atoms with Gasteiger partial charge >= 0.3 is 11.3 Å². The van der Waals surface area contributed by atoms with Gasteiger partial charge in [-0.2, -0.15) is 5.26 Å². The van der Waals surface area contributed by atoms with Crippen LogP contribution in [0.15, 0.2) is 68.6 Å². The molecule has 0 saturated carbocycles. The first-order chi connectivity index (χ1) is 13.2. The molecule has 6 aromatic rings. The zero-order valence-electron chi connectivity index (χ0n) is 13.9. The highest BCUT2D eigenvalue weighted by atomic mass is 16.4. The summed E-state index contributed by atoms with van der Waals surface area (Å²) in [5.41, 5.74) is -0.640. The lowest BCUT2D eigenvalue weighted by Crippen LogP contribution is -1.95. The minimum absolute atomic E-state index is 0.302. The fraction of sp³-hybridized carbons (Fsp3) is 0. The largest absolute Gasteiger partial charge is 0.386 e. The van der Waals surface area contributed by atoms with E-state index in [2.05, 4.69) is 6.07 Å². The summed E-state index contributed by atoms with van der Waals surface area (Å²) < 4.78 is 4.91. The normalized spacial score (nSPS) is 12.0. The Hall–Kier alpha value is -3.97. The van der Waals surface area contributed by atoms with Crippen molar-refractivity contribution in [1.82, 2.24) is 0 Å². The number of fused-ring (bicyclic) bond motifs is 4. The van der Waals surface area contributed by atoms with Gasteiger partial charge in [0.15, 0.2) is 0 Å². The number of rotatable bonds is 0. The number of benzene rings is 5. The first kappa shape index (κ1) is 14.2. The number of nitriles is 1. The molecule has 0 aliphatic carbocycles. The summed E-state index contributed by atoms with van der Waals surface area (Å²) in [6, 6.07) is 19.4. The molecule has 0 unspecified atom stereocenters. The zero-order valence-corrected chi connectivity index (χ0v) is 13.9. The third-order valence-electron chi connectivity index (χ3n) is 5.50. The third kappa shape index (κ3) is 1.57. The highest BCUT2D eigenvalue weighted by molar-refractivity contribution is 6.38. The molecule has 6 rings (SSSR count). The predicted molar refractivity (Wildman–Crippen MR) is 106 cm³/mol. The van der Waals surface area contributed by atoms with Crippen LogP contribution in [0.1, 0.15) is 5.56 Å². The molecule has 1 aromatic heterocycles. The molecule has 0 aliphatic rings. The molecule has 0 spiro atoms. The topological polar surface area (TPSA) is 71.1 Å². The van der Waals surface area contributed by atoms with Crippen molar-refractivity contribution in [2.75, 3.05) is 0 Å². The summed E-state index contributed by atoms with van der Waals surface area (Å²) in [5.74, 6) is 0. The van der Waals surface area contributed by atoms with E-state index in [-0.39, 0.29) is 0 Å². The van der Waals surface area contributed by atoms with Gasteiger partial charge in [0.2, 0.25) is 0 Å². The van der Waals surface area contributed by atoms with Gasteiger partial charge in [-0.1, -0.05) is 42.5 Å². The number of nitrogens with zero attached hydrogens (tertiary/aromatic N) is 1. The average molecular weight is 347 g/mol. The Morgan fingerprint density at radius 3 is 2.26 bits per heavy atom. The maximum absolute atomic E-state index is 12.5. The third-order valence-corrected chi connectivity index (χ3v) is 5.50. The van der Waals surface area contributed by atoms with Gasteiger partial charge < -0.3 is 4.42 Å². The molecule has 5 aromatic carbocycles. The Balaban J connectivity index is 2.15. The minimum Gasteiger partial charge on any atom is -0.386 e. The molecule has 0 amide bonds. The quantitative estimate of drug-likeness (QED) is 0.299. The van der Waals surface area contributed by atoms with Crippen molar-refractivity contribution < 1.29 is 4.42 Å². The van der Waals surface area contributed by atoms with Crippen LogP contribution in [0.4, 0.5) is 0 Å². The highest BCUT2D eigenvalue weighted by Crippen LogP contribution is 2.42. The van der Waals surface area contributed by atoms with Gasteiger partial charge in [-0.3, -0.25) is 0 Å². The monoisotopic (exact) mass is 347 g/mol. The van der Waals surface area contributed by atoms with E-state index in [4.69, 9.17) is 4.42 Å². The molecule has 0 aliphatic heterocycles. The average Bonchev–Trinajstić information content (AvgIpc) is 2.98. The van der Waals surface area contributed by atoms with E-state index in [1.807, 2.05) is 48.5 Å². The van der Waals surface area contributed by atoms with Crippen LogP contribution < -0.4 is 11.3 Å². The fourth-order valence-electron chi connectivity index (χ4n) is 4.45. The first-order valence-electron chi connectivity index (χ1n) is 8.52. The van der Waals surface area contributed by atoms with Crippen molar-refractivity contribution in [3.05, 3.63) is 81.0 Å². The summed E-state index contributed by atoms with van der Waals surface area (Å²) in [6.07, 6.45) is 0. The summed E-state index contributed by atoms with van der Waals surface area (Å²) in [7, 11) is 0. The van der Waals surface area contributed by atoms with Crippen molar-refractivity contribution in [2.45, 2.75) is 0 Å². The Morgan fingerprint density at radius 1 is 0.667 bits per heavy atom. The van der Waals surface area contributed by atoms with Crippen LogP contribution in [0, 0.1) is 11.3 Å². The molecule has 0 bridgehead atoms. The Bertz CT molecular complexity index is 1720. The van der Waals surface area contributed by atoms with E-state index in [1.54, 1.807) is 6.07 Å². The number of hydrogen-bond donors (Lipinski definition) is 0. The predicted octanol–water partition coefficient (Wildman–Crippen LogP) is 4.51. The van der Waals surface area contributed by atoms with Crippen LogP contribution in [-0.4, -0.2) is 0 Å². The minimum atomic E-state index is -0.612. The molecule has 0 saturated heterocycles. The second-order valence-corrected chi connectivity index (χ2v) is 6.76. The van der Waals surface area contributed by atoms with Gasteiger partial charge in [0.1, 0.15) is 0 Å². The summed E-state index contributed by atoms with van der Waals surface area (Å²) in [4.78, 5) is 24.7. The van der Waals surface area contributed by atoms with Gasteiger partial charge in [-0.15, -0.1) is 0 Å². The molecular formula is C23H9NO3. The summed E-state index contributed by atoms with van der Waals surface area (Å²) in [5, 5.41) is 17.3. The van der Waals surface area contributed by atoms with Gasteiger partial charge in [0.05, 0.1) is 22.4 Å². The Kier molecular flexibility index (Phi) is 2.42. The van der Waals surface area contributed by atoms with Gasteiger partial charge in [0.25, 0.3) is 0 Å². The van der Waals surface area contributed by atoms with Crippen LogP contribution >= 0.6 is 0 Å². The van der Waals surface area contributed by atoms with Gasteiger partial charge in [-0.25, -0.2) is 9.59 Å². The first-order valence-corrected chi connectivity index (χ1v) is 8.52. The number of furan rings is 1. The second-order valence-electron chi connectivity index (χ2n) is 6.76. The molecule has 0 N–H and O–H groups in total. The molecule has 0 fully saturated rings. The fourth-order valence-corrected chi connectivity index (χ4v) is 4.45. The van der Waals surface area contributed by atoms with Crippen molar-refractivity contribution in [2.24, 2.45) is 0 Å². The molecule has 124 valence electrons. The van der Waals surface area contributed by atoms with Crippen molar-refractivity contribution in [3.8, 4) is 6.07 Å². The van der Waals surface area contributed by atoms with E-state index in [9.17, 15) is 14.9 Å². The second kappa shape index (κ2) is 4.60. The maximum atomic E-state index is 12.5. The molecule has 0 radical (unpaired) electrons. The van der Waals surface area contributed by atoms with E-state index in [0.29, 0.717) is 16.3 Å². The van der Waals surface area contributed by atoms with Crippen LogP contribution in [0.2, 0.25) is 0 Å². The van der Waals surface area contributed by atoms with Crippen molar-refractivity contribution in [1.29, 1.82) is 5.26 Å². The zero-order chi connectivity index (χ0) is 18.3. The van der Waals surface area contributed by atoms with Gasteiger partial charge in [-0.05, 0) is 44.5 Å². The van der Waals surface area contributed by atoms with Crippen molar-refractivity contribution >= 4 is 53.9 Å². The summed E-state index contributed by atoms with van der Waals surface area (Å²) in [6.45, 7) is 0. The lowest BCUT2D eigenvalue weighted by Gasteiger charge is -2.15. The van der Waals surface area contributed by atoms with Crippen LogP contribution in [0.5, 0.6) is 0 Å². The van der Waals surface area contributed by atoms with Crippen molar-refractivity contribution in [3.63, 3.8) is 0 Å². The van der Waals surface area contributed by atoms with E-state index < -0.39 is 11.3 Å². The van der Waals surface area contributed by atoms with E-state index >= 15 is 0 Å². The SMILES string of the molecule is N#Cc1ccc2c3cccc4cc5c(=O)oc(=O)c5c(c5cccc1c25)c43. The number of hydrogen-bond acceptors (Lipinski definition) is 4. The standard InChI is InChI=1S/C23H9NO3/c24-10-12-7-8-15-14-5-1-3-11-9-17-21(23(26)27-22(17)25)20(18(11)14)16-6-2-4-13(12)19(15)16/h1-9H. The lowest BCUT2D eigenvalue weighted by molar-refractivity contribution is 0.500. The van der Waals surface area contributed by atoms with Crippen LogP contribution in [0.3, 0.4) is 0 Å². The molecular weight excluding hydrogens is 338 g/mol. The Labute approximate surface area is 151 Å². The van der Waals surface area contributed by atoms with E-state index in [0.717, 1.165) is 43.1 Å². The van der Waals surface area contributed by atoms with E-state index in [1.165, 1.54) is 0 Å². The highest BCUT2D eigenvalue weighted by Gasteiger charge is 2.20. The molecule has 27 heavy (non-hydrogen) atoms. The molecule has 0 atom stereocenters. The summed E-state index contributed by atoms with van der Waals surface area (Å²) >= 11 is 0. The van der Waals surface area contributed by atoms with Gasteiger partial charge in [0, 0.05) is 10.8 Å². The Morgan fingerprint density at radius 2 is 1.41 bits per heavy atom. The lowest BCUT2D eigenvalue weighted by atomic mass is 9.87. The van der Waals surface area contributed by atoms with Crippen LogP contribution in [0.25, 0.3) is 53.9 Å². The molecule has 1 heterocycles. The maximum Gasteiger partial charge on any atom is 0.347 e.